The first kappa shape index (κ1) is 13.2. The lowest BCUT2D eigenvalue weighted by Crippen LogP contribution is -2.14. The van der Waals surface area contributed by atoms with Crippen LogP contribution in [0.3, 0.4) is 0 Å². The molecule has 0 bridgehead atoms. The Balaban J connectivity index is 2.56. The second-order valence-electron chi connectivity index (χ2n) is 4.05. The van der Waals surface area contributed by atoms with E-state index >= 15 is 0 Å². The standard InChI is InChI=1S/C12H14BrFN4/c1-7(15-3)11-8(2)18(17-16-11)12-9(13)5-4-6-10(12)14/h4-7,15H,1-3H3. The van der Waals surface area contributed by atoms with Crippen LogP contribution in [0.4, 0.5) is 4.39 Å². The highest BCUT2D eigenvalue weighted by Crippen LogP contribution is 2.26. The van der Waals surface area contributed by atoms with Gasteiger partial charge in [-0.2, -0.15) is 0 Å². The molecule has 96 valence electrons. The maximum absolute atomic E-state index is 13.9. The molecule has 18 heavy (non-hydrogen) atoms. The van der Waals surface area contributed by atoms with Gasteiger partial charge in [-0.05, 0) is 49.0 Å². The number of hydrogen-bond acceptors (Lipinski definition) is 3. The van der Waals surface area contributed by atoms with Crippen molar-refractivity contribution in [1.29, 1.82) is 0 Å². The molecule has 0 aliphatic rings. The monoisotopic (exact) mass is 312 g/mol. The van der Waals surface area contributed by atoms with Crippen molar-refractivity contribution >= 4 is 15.9 Å². The predicted octanol–water partition coefficient (Wildman–Crippen LogP) is 2.76. The number of nitrogens with zero attached hydrogens (tertiary/aromatic N) is 3. The van der Waals surface area contributed by atoms with Gasteiger partial charge in [0.25, 0.3) is 0 Å². The van der Waals surface area contributed by atoms with Gasteiger partial charge in [-0.25, -0.2) is 9.07 Å². The SMILES string of the molecule is CNC(C)c1nnn(-c2c(F)cccc2Br)c1C. The smallest absolute Gasteiger partial charge is 0.150 e. The van der Waals surface area contributed by atoms with Crippen LogP contribution in [0.5, 0.6) is 0 Å². The van der Waals surface area contributed by atoms with Crippen molar-refractivity contribution < 1.29 is 4.39 Å². The van der Waals surface area contributed by atoms with Crippen LogP contribution in [0.15, 0.2) is 22.7 Å². The molecule has 6 heteroatoms. The summed E-state index contributed by atoms with van der Waals surface area (Å²) in [4.78, 5) is 0. The Kier molecular flexibility index (Phi) is 3.77. The van der Waals surface area contributed by atoms with Crippen molar-refractivity contribution in [3.63, 3.8) is 0 Å². The third-order valence-corrected chi connectivity index (χ3v) is 3.56. The fourth-order valence-corrected chi connectivity index (χ4v) is 2.29. The zero-order valence-corrected chi connectivity index (χ0v) is 12.0. The first-order valence-corrected chi connectivity index (χ1v) is 6.39. The molecule has 0 saturated carbocycles. The molecule has 0 amide bonds. The molecule has 0 fully saturated rings. The van der Waals surface area contributed by atoms with E-state index in [-0.39, 0.29) is 11.9 Å². The van der Waals surface area contributed by atoms with E-state index in [2.05, 4.69) is 31.6 Å². The van der Waals surface area contributed by atoms with E-state index < -0.39 is 0 Å². The lowest BCUT2D eigenvalue weighted by molar-refractivity contribution is 0.603. The average Bonchev–Trinajstić information content (AvgIpc) is 2.71. The van der Waals surface area contributed by atoms with Crippen LogP contribution >= 0.6 is 15.9 Å². The van der Waals surface area contributed by atoms with Crippen LogP contribution in [-0.2, 0) is 0 Å². The normalized spacial score (nSPS) is 12.7. The lowest BCUT2D eigenvalue weighted by atomic mass is 10.2. The van der Waals surface area contributed by atoms with Gasteiger partial charge in [-0.15, -0.1) is 5.10 Å². The first-order chi connectivity index (χ1) is 8.56. The van der Waals surface area contributed by atoms with Crippen LogP contribution in [0.1, 0.15) is 24.4 Å². The Morgan fingerprint density at radius 3 is 2.78 bits per heavy atom. The summed E-state index contributed by atoms with van der Waals surface area (Å²) in [6.45, 7) is 3.86. The van der Waals surface area contributed by atoms with E-state index in [1.54, 1.807) is 12.1 Å². The van der Waals surface area contributed by atoms with Gasteiger partial charge in [0.15, 0.2) is 0 Å². The largest absolute Gasteiger partial charge is 0.312 e. The third-order valence-electron chi connectivity index (χ3n) is 2.92. The highest BCUT2D eigenvalue weighted by Gasteiger charge is 2.18. The summed E-state index contributed by atoms with van der Waals surface area (Å²) in [6, 6.07) is 4.90. The van der Waals surface area contributed by atoms with Gasteiger partial charge in [-0.1, -0.05) is 11.3 Å². The molecule has 0 radical (unpaired) electrons. The number of hydrogen-bond donors (Lipinski definition) is 1. The van der Waals surface area contributed by atoms with Crippen LogP contribution < -0.4 is 5.32 Å². The van der Waals surface area contributed by atoms with Crippen molar-refractivity contribution in [2.24, 2.45) is 0 Å². The summed E-state index contributed by atoms with van der Waals surface area (Å²) < 4.78 is 16.0. The lowest BCUT2D eigenvalue weighted by Gasteiger charge is -2.10. The second kappa shape index (κ2) is 5.16. The second-order valence-corrected chi connectivity index (χ2v) is 4.91. The van der Waals surface area contributed by atoms with E-state index in [0.717, 1.165) is 11.4 Å². The van der Waals surface area contributed by atoms with Crippen LogP contribution in [0.25, 0.3) is 5.69 Å². The Morgan fingerprint density at radius 2 is 2.17 bits per heavy atom. The van der Waals surface area contributed by atoms with Gasteiger partial charge in [0.2, 0.25) is 0 Å². The molecule has 0 aliphatic carbocycles. The molecule has 0 saturated heterocycles. The molecule has 1 unspecified atom stereocenters. The molecule has 1 heterocycles. The third kappa shape index (κ3) is 2.18. The molecule has 1 N–H and O–H groups in total. The summed E-state index contributed by atoms with van der Waals surface area (Å²) in [6.07, 6.45) is 0. The summed E-state index contributed by atoms with van der Waals surface area (Å²) in [7, 11) is 1.85. The number of benzene rings is 1. The maximum atomic E-state index is 13.9. The number of aromatic nitrogens is 3. The summed E-state index contributed by atoms with van der Waals surface area (Å²) in [5.74, 6) is -0.332. The summed E-state index contributed by atoms with van der Waals surface area (Å²) >= 11 is 3.34. The Bertz CT molecular complexity index is 547. The number of para-hydroxylation sites is 1. The number of rotatable bonds is 3. The van der Waals surface area contributed by atoms with Gasteiger partial charge >= 0.3 is 0 Å². The van der Waals surface area contributed by atoms with E-state index in [0.29, 0.717) is 10.2 Å². The molecule has 0 aliphatic heterocycles. The van der Waals surface area contributed by atoms with Crippen LogP contribution in [0, 0.1) is 12.7 Å². The quantitative estimate of drug-likeness (QED) is 0.947. The zero-order chi connectivity index (χ0) is 13.3. The number of halogens is 2. The highest BCUT2D eigenvalue weighted by molar-refractivity contribution is 9.10. The van der Waals surface area contributed by atoms with E-state index in [1.807, 2.05) is 20.9 Å². The van der Waals surface area contributed by atoms with Crippen molar-refractivity contribution in [3.05, 3.63) is 39.9 Å². The highest BCUT2D eigenvalue weighted by atomic mass is 79.9. The molecular weight excluding hydrogens is 299 g/mol. The van der Waals surface area contributed by atoms with Crippen LogP contribution in [-0.4, -0.2) is 22.0 Å². The van der Waals surface area contributed by atoms with E-state index in [9.17, 15) is 4.39 Å². The maximum Gasteiger partial charge on any atom is 0.150 e. The van der Waals surface area contributed by atoms with Gasteiger partial charge < -0.3 is 5.32 Å². The average molecular weight is 313 g/mol. The summed E-state index contributed by atoms with van der Waals surface area (Å²) in [5, 5.41) is 11.2. The molecule has 1 aromatic heterocycles. The van der Waals surface area contributed by atoms with Crippen molar-refractivity contribution in [1.82, 2.24) is 20.3 Å². The fraction of sp³-hybridized carbons (Fsp3) is 0.333. The van der Waals surface area contributed by atoms with Gasteiger partial charge in [-0.3, -0.25) is 0 Å². The minimum absolute atomic E-state index is 0.0734. The van der Waals surface area contributed by atoms with E-state index in [4.69, 9.17) is 0 Å². The molecule has 2 rings (SSSR count). The first-order valence-electron chi connectivity index (χ1n) is 5.60. The molecule has 4 nitrogen and oxygen atoms in total. The number of nitrogens with one attached hydrogen (secondary N) is 1. The minimum atomic E-state index is -0.332. The van der Waals surface area contributed by atoms with Crippen LogP contribution in [0.2, 0.25) is 0 Å². The molecule has 1 atom stereocenters. The molecule has 0 spiro atoms. The Morgan fingerprint density at radius 1 is 1.44 bits per heavy atom. The van der Waals surface area contributed by atoms with Gasteiger partial charge in [0, 0.05) is 4.47 Å². The minimum Gasteiger partial charge on any atom is -0.312 e. The van der Waals surface area contributed by atoms with Crippen molar-refractivity contribution in [2.75, 3.05) is 7.05 Å². The predicted molar refractivity (Wildman–Crippen MR) is 71.2 cm³/mol. The molecular formula is C12H14BrFN4. The van der Waals surface area contributed by atoms with Crippen molar-refractivity contribution in [2.45, 2.75) is 19.9 Å². The van der Waals surface area contributed by atoms with Gasteiger partial charge in [0.1, 0.15) is 17.2 Å². The Hall–Kier alpha value is -1.27. The molecule has 1 aromatic carbocycles. The zero-order valence-electron chi connectivity index (χ0n) is 10.4. The summed E-state index contributed by atoms with van der Waals surface area (Å²) in [5.41, 5.74) is 2.02. The fourth-order valence-electron chi connectivity index (χ4n) is 1.78. The molecule has 2 aromatic rings. The topological polar surface area (TPSA) is 42.7 Å². The van der Waals surface area contributed by atoms with Crippen molar-refractivity contribution in [3.8, 4) is 5.69 Å². The Labute approximate surface area is 113 Å². The van der Waals surface area contributed by atoms with E-state index in [1.165, 1.54) is 10.7 Å². The van der Waals surface area contributed by atoms with Gasteiger partial charge in [0.05, 0.1) is 11.7 Å².